The van der Waals surface area contributed by atoms with Gasteiger partial charge in [-0.2, -0.15) is 0 Å². The van der Waals surface area contributed by atoms with Crippen molar-refractivity contribution in [3.05, 3.63) is 30.9 Å². The van der Waals surface area contributed by atoms with Gasteiger partial charge in [-0.1, -0.05) is 19.4 Å². The summed E-state index contributed by atoms with van der Waals surface area (Å²) >= 11 is 4.54. The van der Waals surface area contributed by atoms with Gasteiger partial charge < -0.3 is 4.90 Å². The standard InChI is InChI=1S/C16H19I2NO2/c1-3-6-16(7-8-19(10-16)11(2)20)15(21)12-4-5-13(17)14(18)9-12/h4-5,9H,3,6-8,10H2,1-2H3/t16-/m0/s1. The fraction of sp³-hybridized carbons (Fsp3) is 0.500. The summed E-state index contributed by atoms with van der Waals surface area (Å²) in [5.41, 5.74) is 0.384. The Labute approximate surface area is 153 Å². The molecule has 0 aromatic heterocycles. The SMILES string of the molecule is CCC[C@]1(C(=O)c2ccc(I)c(I)c2)CCN(C(C)=O)C1. The van der Waals surface area contributed by atoms with E-state index in [9.17, 15) is 9.59 Å². The molecule has 1 aromatic rings. The number of amides is 1. The van der Waals surface area contributed by atoms with Crippen molar-refractivity contribution < 1.29 is 9.59 Å². The van der Waals surface area contributed by atoms with E-state index in [-0.39, 0.29) is 11.7 Å². The first-order valence-corrected chi connectivity index (χ1v) is 9.31. The van der Waals surface area contributed by atoms with E-state index in [2.05, 4.69) is 52.1 Å². The van der Waals surface area contributed by atoms with E-state index >= 15 is 0 Å². The van der Waals surface area contributed by atoms with Crippen molar-refractivity contribution in [2.24, 2.45) is 5.41 Å². The Morgan fingerprint density at radius 2 is 2.00 bits per heavy atom. The average Bonchev–Trinajstić information content (AvgIpc) is 2.87. The fourth-order valence-electron chi connectivity index (χ4n) is 3.07. The van der Waals surface area contributed by atoms with Gasteiger partial charge in [-0.3, -0.25) is 9.59 Å². The second kappa shape index (κ2) is 6.93. The van der Waals surface area contributed by atoms with Crippen LogP contribution < -0.4 is 0 Å². The van der Waals surface area contributed by atoms with Crippen LogP contribution in [0.25, 0.3) is 0 Å². The molecule has 2 rings (SSSR count). The van der Waals surface area contributed by atoms with Gasteiger partial charge in [-0.25, -0.2) is 0 Å². The van der Waals surface area contributed by atoms with Gasteiger partial charge in [0.2, 0.25) is 5.91 Å². The Bertz CT molecular complexity index is 573. The van der Waals surface area contributed by atoms with Crippen LogP contribution in [0.1, 0.15) is 43.5 Å². The van der Waals surface area contributed by atoms with Crippen molar-refractivity contribution in [3.8, 4) is 0 Å². The van der Waals surface area contributed by atoms with Crippen molar-refractivity contribution >= 4 is 56.9 Å². The fourth-order valence-corrected chi connectivity index (χ4v) is 3.92. The highest BCUT2D eigenvalue weighted by molar-refractivity contribution is 14.1. The molecule has 1 atom stereocenters. The summed E-state index contributed by atoms with van der Waals surface area (Å²) in [6.45, 7) is 4.95. The Balaban J connectivity index is 2.32. The first-order chi connectivity index (χ1) is 9.89. The third kappa shape index (κ3) is 3.60. The zero-order valence-corrected chi connectivity index (χ0v) is 16.6. The van der Waals surface area contributed by atoms with Gasteiger partial charge in [0, 0.05) is 32.7 Å². The number of hydrogen-bond acceptors (Lipinski definition) is 2. The second-order valence-electron chi connectivity index (χ2n) is 5.68. The van der Waals surface area contributed by atoms with Crippen LogP contribution in [0.2, 0.25) is 0 Å². The van der Waals surface area contributed by atoms with Gasteiger partial charge in [0.15, 0.2) is 5.78 Å². The molecule has 0 radical (unpaired) electrons. The Morgan fingerprint density at radius 3 is 2.52 bits per heavy atom. The summed E-state index contributed by atoms with van der Waals surface area (Å²) in [5.74, 6) is 0.264. The van der Waals surface area contributed by atoms with Crippen LogP contribution in [0, 0.1) is 12.6 Å². The minimum Gasteiger partial charge on any atom is -0.342 e. The third-order valence-corrected chi connectivity index (χ3v) is 7.06. The van der Waals surface area contributed by atoms with Crippen molar-refractivity contribution in [1.29, 1.82) is 0 Å². The van der Waals surface area contributed by atoms with Crippen LogP contribution in [0.5, 0.6) is 0 Å². The summed E-state index contributed by atoms with van der Waals surface area (Å²) in [6.07, 6.45) is 2.58. The summed E-state index contributed by atoms with van der Waals surface area (Å²) in [6, 6.07) is 5.88. The van der Waals surface area contributed by atoms with Gasteiger partial charge >= 0.3 is 0 Å². The molecule has 0 saturated carbocycles. The Hall–Kier alpha value is -0.180. The van der Waals surface area contributed by atoms with Crippen LogP contribution in [-0.2, 0) is 4.79 Å². The van der Waals surface area contributed by atoms with Gasteiger partial charge in [-0.15, -0.1) is 0 Å². The first-order valence-electron chi connectivity index (χ1n) is 7.15. The van der Waals surface area contributed by atoms with Crippen LogP contribution in [-0.4, -0.2) is 29.7 Å². The normalized spacial score (nSPS) is 21.6. The number of halogens is 2. The lowest BCUT2D eigenvalue weighted by Gasteiger charge is -2.27. The molecule has 1 aliphatic heterocycles. The van der Waals surface area contributed by atoms with E-state index in [0.29, 0.717) is 13.1 Å². The van der Waals surface area contributed by atoms with Crippen molar-refractivity contribution in [2.45, 2.75) is 33.1 Å². The molecule has 3 nitrogen and oxygen atoms in total. The molecule has 1 fully saturated rings. The van der Waals surface area contributed by atoms with Gasteiger partial charge in [0.25, 0.3) is 0 Å². The molecule has 1 saturated heterocycles. The average molecular weight is 511 g/mol. The van der Waals surface area contributed by atoms with E-state index in [0.717, 1.165) is 32.0 Å². The predicted octanol–water partition coefficient (Wildman–Crippen LogP) is 4.12. The number of benzene rings is 1. The number of nitrogens with zero attached hydrogens (tertiary/aromatic N) is 1. The zero-order chi connectivity index (χ0) is 15.6. The minimum atomic E-state index is -0.393. The molecule has 1 aromatic carbocycles. The van der Waals surface area contributed by atoms with Crippen LogP contribution in [0.3, 0.4) is 0 Å². The molecule has 0 N–H and O–H groups in total. The zero-order valence-electron chi connectivity index (χ0n) is 12.3. The number of rotatable bonds is 4. The van der Waals surface area contributed by atoms with E-state index in [4.69, 9.17) is 0 Å². The highest BCUT2D eigenvalue weighted by atomic mass is 127. The number of Topliss-reactive ketones (excluding diaryl/α,β-unsaturated/α-hetero) is 1. The number of carbonyl (C=O) groups is 2. The first kappa shape index (κ1) is 17.2. The lowest BCUT2D eigenvalue weighted by Crippen LogP contribution is -2.36. The quantitative estimate of drug-likeness (QED) is 0.451. The molecule has 114 valence electrons. The highest BCUT2D eigenvalue weighted by Crippen LogP contribution is 2.39. The largest absolute Gasteiger partial charge is 0.342 e. The topological polar surface area (TPSA) is 37.4 Å². The summed E-state index contributed by atoms with van der Waals surface area (Å²) < 4.78 is 2.26. The minimum absolute atomic E-state index is 0.0676. The molecule has 0 aliphatic carbocycles. The summed E-state index contributed by atoms with van der Waals surface area (Å²) in [7, 11) is 0. The smallest absolute Gasteiger partial charge is 0.219 e. The molecule has 1 amide bonds. The van der Waals surface area contributed by atoms with Crippen LogP contribution in [0.4, 0.5) is 0 Å². The van der Waals surface area contributed by atoms with Gasteiger partial charge in [0.1, 0.15) is 0 Å². The maximum absolute atomic E-state index is 13.0. The Kier molecular flexibility index (Phi) is 5.67. The summed E-state index contributed by atoms with van der Waals surface area (Å²) in [5, 5.41) is 0. The second-order valence-corrected chi connectivity index (χ2v) is 8.00. The van der Waals surface area contributed by atoms with Crippen molar-refractivity contribution in [3.63, 3.8) is 0 Å². The predicted molar refractivity (Wildman–Crippen MR) is 100 cm³/mol. The molecule has 21 heavy (non-hydrogen) atoms. The van der Waals surface area contributed by atoms with E-state index in [1.165, 1.54) is 0 Å². The monoisotopic (exact) mass is 511 g/mol. The van der Waals surface area contributed by atoms with Gasteiger partial charge in [0.05, 0.1) is 5.41 Å². The molecule has 0 unspecified atom stereocenters. The van der Waals surface area contributed by atoms with E-state index in [1.807, 2.05) is 23.1 Å². The lowest BCUT2D eigenvalue weighted by atomic mass is 9.76. The molecular formula is C16H19I2NO2. The maximum atomic E-state index is 13.0. The molecule has 0 bridgehead atoms. The number of carbonyl (C=O) groups excluding carboxylic acids is 2. The lowest BCUT2D eigenvalue weighted by molar-refractivity contribution is -0.128. The Morgan fingerprint density at radius 1 is 1.29 bits per heavy atom. The molecule has 5 heteroatoms. The number of ketones is 1. The van der Waals surface area contributed by atoms with E-state index < -0.39 is 5.41 Å². The molecular weight excluding hydrogens is 492 g/mol. The highest BCUT2D eigenvalue weighted by Gasteiger charge is 2.44. The summed E-state index contributed by atoms with van der Waals surface area (Å²) in [4.78, 5) is 26.5. The molecule has 0 spiro atoms. The van der Waals surface area contributed by atoms with Crippen molar-refractivity contribution in [1.82, 2.24) is 4.90 Å². The van der Waals surface area contributed by atoms with Gasteiger partial charge in [-0.05, 0) is 70.2 Å². The number of likely N-dealkylation sites (tertiary alicyclic amines) is 1. The third-order valence-electron chi connectivity index (χ3n) is 4.19. The van der Waals surface area contributed by atoms with Crippen LogP contribution in [0.15, 0.2) is 18.2 Å². The van der Waals surface area contributed by atoms with Crippen LogP contribution >= 0.6 is 45.2 Å². The number of hydrogen-bond donors (Lipinski definition) is 0. The maximum Gasteiger partial charge on any atom is 0.219 e. The van der Waals surface area contributed by atoms with Crippen molar-refractivity contribution in [2.75, 3.05) is 13.1 Å². The van der Waals surface area contributed by atoms with E-state index in [1.54, 1.807) is 6.92 Å². The molecule has 1 heterocycles. The molecule has 1 aliphatic rings.